The molecule has 0 amide bonds. The Kier molecular flexibility index (Phi) is 4.39. The minimum Gasteiger partial charge on any atom is -0.280 e. The van der Waals surface area contributed by atoms with Gasteiger partial charge in [-0.2, -0.15) is 0 Å². The van der Waals surface area contributed by atoms with Crippen LogP contribution in [0.5, 0.6) is 0 Å². The lowest BCUT2D eigenvalue weighted by atomic mass is 10.2. The minimum absolute atomic E-state index is 0.0267. The van der Waals surface area contributed by atoms with Gasteiger partial charge in [0.05, 0.1) is 14.8 Å². The van der Waals surface area contributed by atoms with Crippen LogP contribution in [0.1, 0.15) is 11.1 Å². The maximum Gasteiger partial charge on any atom is 0.275 e. The lowest BCUT2D eigenvalue weighted by Gasteiger charge is -2.10. The van der Waals surface area contributed by atoms with Crippen molar-refractivity contribution >= 4 is 33.0 Å². The van der Waals surface area contributed by atoms with E-state index in [2.05, 4.69) is 4.72 Å². The number of rotatable bonds is 4. The number of hydrogen-bond acceptors (Lipinski definition) is 4. The van der Waals surface area contributed by atoms with Crippen molar-refractivity contribution in [2.45, 2.75) is 18.7 Å². The average molecular weight is 341 g/mol. The zero-order valence-electron chi connectivity index (χ0n) is 11.8. The molecule has 0 spiro atoms. The molecule has 0 aliphatic carbocycles. The Labute approximate surface area is 132 Å². The molecule has 1 N–H and O–H groups in total. The molecule has 0 atom stereocenters. The highest BCUT2D eigenvalue weighted by Gasteiger charge is 2.22. The second kappa shape index (κ2) is 5.94. The van der Waals surface area contributed by atoms with Gasteiger partial charge in [-0.05, 0) is 37.6 Å². The molecule has 0 heterocycles. The Morgan fingerprint density at radius 1 is 1.18 bits per heavy atom. The molecule has 0 fully saturated rings. The van der Waals surface area contributed by atoms with Crippen molar-refractivity contribution in [3.63, 3.8) is 0 Å². The van der Waals surface area contributed by atoms with E-state index in [1.165, 1.54) is 13.0 Å². The molecule has 0 bridgehead atoms. The summed E-state index contributed by atoms with van der Waals surface area (Å²) in [5.74, 6) is 0. The molecular weight excluding hydrogens is 328 g/mol. The quantitative estimate of drug-likeness (QED) is 0.679. The lowest BCUT2D eigenvalue weighted by molar-refractivity contribution is -0.385. The largest absolute Gasteiger partial charge is 0.280 e. The topological polar surface area (TPSA) is 89.3 Å². The molecule has 2 aromatic rings. The number of nitro groups is 1. The lowest BCUT2D eigenvalue weighted by Crippen LogP contribution is -2.13. The van der Waals surface area contributed by atoms with Gasteiger partial charge in [-0.15, -0.1) is 0 Å². The van der Waals surface area contributed by atoms with E-state index in [0.717, 1.165) is 11.6 Å². The van der Waals surface area contributed by atoms with E-state index in [1.807, 2.05) is 13.0 Å². The molecule has 0 saturated heterocycles. The predicted octanol–water partition coefficient (Wildman–Crippen LogP) is 3.67. The van der Waals surface area contributed by atoms with Crippen LogP contribution in [0, 0.1) is 24.0 Å². The van der Waals surface area contributed by atoms with E-state index in [1.54, 1.807) is 18.2 Å². The van der Waals surface area contributed by atoms with Gasteiger partial charge in [-0.1, -0.05) is 23.7 Å². The number of halogens is 1. The molecule has 8 heteroatoms. The highest BCUT2D eigenvalue weighted by atomic mass is 35.5. The molecule has 0 aliphatic heterocycles. The van der Waals surface area contributed by atoms with Crippen molar-refractivity contribution in [2.75, 3.05) is 4.72 Å². The van der Waals surface area contributed by atoms with E-state index in [9.17, 15) is 18.5 Å². The van der Waals surface area contributed by atoms with E-state index in [0.29, 0.717) is 5.69 Å². The van der Waals surface area contributed by atoms with Crippen LogP contribution in [-0.4, -0.2) is 13.3 Å². The van der Waals surface area contributed by atoms with Crippen molar-refractivity contribution in [1.82, 2.24) is 0 Å². The number of anilines is 1. The van der Waals surface area contributed by atoms with Crippen molar-refractivity contribution in [2.24, 2.45) is 0 Å². The molecule has 0 aromatic heterocycles. The minimum atomic E-state index is -3.96. The van der Waals surface area contributed by atoms with Crippen LogP contribution >= 0.6 is 11.6 Å². The number of hydrogen-bond donors (Lipinski definition) is 1. The van der Waals surface area contributed by atoms with Gasteiger partial charge in [0.2, 0.25) is 0 Å². The van der Waals surface area contributed by atoms with Crippen LogP contribution in [0.25, 0.3) is 0 Å². The number of benzene rings is 2. The van der Waals surface area contributed by atoms with E-state index in [-0.39, 0.29) is 21.2 Å². The molecule has 116 valence electrons. The zero-order chi connectivity index (χ0) is 16.5. The molecule has 0 saturated carbocycles. The Morgan fingerprint density at radius 2 is 1.86 bits per heavy atom. The van der Waals surface area contributed by atoms with Gasteiger partial charge in [0.15, 0.2) is 0 Å². The zero-order valence-corrected chi connectivity index (χ0v) is 13.4. The molecule has 6 nitrogen and oxygen atoms in total. The van der Waals surface area contributed by atoms with Crippen molar-refractivity contribution in [3.05, 3.63) is 62.7 Å². The number of nitro benzene ring substituents is 1. The van der Waals surface area contributed by atoms with Crippen LogP contribution in [0.4, 0.5) is 11.4 Å². The molecule has 0 unspecified atom stereocenters. The summed E-state index contributed by atoms with van der Waals surface area (Å²) in [7, 11) is -3.96. The summed E-state index contributed by atoms with van der Waals surface area (Å²) in [5, 5.41) is 11.0. The predicted molar refractivity (Wildman–Crippen MR) is 84.8 cm³/mol. The fraction of sp³-hybridized carbons (Fsp3) is 0.143. The molecule has 0 radical (unpaired) electrons. The van der Waals surface area contributed by atoms with Crippen molar-refractivity contribution in [3.8, 4) is 0 Å². The summed E-state index contributed by atoms with van der Waals surface area (Å²) in [4.78, 5) is 10.1. The van der Waals surface area contributed by atoms with Gasteiger partial charge in [0, 0.05) is 17.3 Å². The highest BCUT2D eigenvalue weighted by molar-refractivity contribution is 7.92. The maximum absolute atomic E-state index is 12.4. The summed E-state index contributed by atoms with van der Waals surface area (Å²) in [6, 6.07) is 8.97. The molecular formula is C14H13ClN2O4S. The first kappa shape index (κ1) is 16.3. The SMILES string of the molecule is Cc1cccc(NS(=O)(=O)c2cc(Cl)c(C)c([N+](=O)[O-])c2)c1. The average Bonchev–Trinajstić information content (AvgIpc) is 2.40. The van der Waals surface area contributed by atoms with E-state index < -0.39 is 14.9 Å². The second-order valence-electron chi connectivity index (χ2n) is 4.78. The maximum atomic E-state index is 12.4. The van der Waals surface area contributed by atoms with Crippen molar-refractivity contribution < 1.29 is 13.3 Å². The van der Waals surface area contributed by atoms with Gasteiger partial charge >= 0.3 is 0 Å². The Morgan fingerprint density at radius 3 is 2.45 bits per heavy atom. The number of aryl methyl sites for hydroxylation is 1. The Balaban J connectivity index is 2.48. The summed E-state index contributed by atoms with van der Waals surface area (Å²) in [6.07, 6.45) is 0. The van der Waals surface area contributed by atoms with E-state index in [4.69, 9.17) is 11.6 Å². The third-order valence-electron chi connectivity index (χ3n) is 3.07. The van der Waals surface area contributed by atoms with Crippen LogP contribution in [-0.2, 0) is 10.0 Å². The molecule has 2 rings (SSSR count). The number of nitrogens with one attached hydrogen (secondary N) is 1. The molecule has 0 aliphatic rings. The monoisotopic (exact) mass is 340 g/mol. The van der Waals surface area contributed by atoms with Crippen LogP contribution in [0.2, 0.25) is 5.02 Å². The first-order valence-electron chi connectivity index (χ1n) is 6.25. The Bertz CT molecular complexity index is 850. The number of nitrogens with zero attached hydrogens (tertiary/aromatic N) is 1. The van der Waals surface area contributed by atoms with Crippen LogP contribution in [0.15, 0.2) is 41.3 Å². The third-order valence-corrected chi connectivity index (χ3v) is 4.82. The van der Waals surface area contributed by atoms with E-state index >= 15 is 0 Å². The fourth-order valence-corrected chi connectivity index (χ4v) is 3.28. The smallest absolute Gasteiger partial charge is 0.275 e. The summed E-state index contributed by atoms with van der Waals surface area (Å²) in [6.45, 7) is 3.29. The normalized spacial score (nSPS) is 11.2. The van der Waals surface area contributed by atoms with Gasteiger partial charge in [-0.3, -0.25) is 14.8 Å². The second-order valence-corrected chi connectivity index (χ2v) is 6.87. The molecule has 2 aromatic carbocycles. The fourth-order valence-electron chi connectivity index (χ4n) is 1.91. The van der Waals surface area contributed by atoms with Gasteiger partial charge in [-0.25, -0.2) is 8.42 Å². The number of sulfonamides is 1. The Hall–Kier alpha value is -2.12. The van der Waals surface area contributed by atoms with Crippen molar-refractivity contribution in [1.29, 1.82) is 0 Å². The molecule has 22 heavy (non-hydrogen) atoms. The van der Waals surface area contributed by atoms with Crippen LogP contribution in [0.3, 0.4) is 0 Å². The first-order valence-corrected chi connectivity index (χ1v) is 8.11. The van der Waals surface area contributed by atoms with Gasteiger partial charge in [0.25, 0.3) is 15.7 Å². The standard InChI is InChI=1S/C14H13ClN2O4S/c1-9-4-3-5-11(6-9)16-22(20,21)12-7-13(15)10(2)14(8-12)17(18)19/h3-8,16H,1-2H3. The van der Waals surface area contributed by atoms with Gasteiger partial charge in [0.1, 0.15) is 0 Å². The summed E-state index contributed by atoms with van der Waals surface area (Å²) in [5.41, 5.74) is 1.14. The summed E-state index contributed by atoms with van der Waals surface area (Å²) >= 11 is 5.90. The summed E-state index contributed by atoms with van der Waals surface area (Å²) < 4.78 is 27.1. The highest BCUT2D eigenvalue weighted by Crippen LogP contribution is 2.30. The van der Waals surface area contributed by atoms with Gasteiger partial charge < -0.3 is 0 Å². The third kappa shape index (κ3) is 3.37. The van der Waals surface area contributed by atoms with Crippen LogP contribution < -0.4 is 4.72 Å². The first-order chi connectivity index (χ1) is 10.2.